The molecule has 0 saturated carbocycles. The molecule has 1 aromatic carbocycles. The highest BCUT2D eigenvalue weighted by molar-refractivity contribution is 5.89. The summed E-state index contributed by atoms with van der Waals surface area (Å²) in [5.41, 5.74) is 3.85. The number of nitrogens with zero attached hydrogens (tertiary/aromatic N) is 4. The maximum absolute atomic E-state index is 5.79. The number of pyridine rings is 1. The number of fused-ring (bicyclic) bond motifs is 2. The van der Waals surface area contributed by atoms with Crippen molar-refractivity contribution in [1.29, 1.82) is 0 Å². The van der Waals surface area contributed by atoms with Crippen molar-refractivity contribution < 1.29 is 4.74 Å². The quantitative estimate of drug-likeness (QED) is 0.617. The third kappa shape index (κ3) is 1.93. The van der Waals surface area contributed by atoms with Gasteiger partial charge < -0.3 is 4.74 Å². The van der Waals surface area contributed by atoms with Gasteiger partial charge in [0.2, 0.25) is 0 Å². The Morgan fingerprint density at radius 1 is 1.21 bits per heavy atom. The lowest BCUT2D eigenvalue weighted by Crippen LogP contribution is -2.05. The summed E-state index contributed by atoms with van der Waals surface area (Å²) in [5, 5.41) is 8.29. The predicted molar refractivity (Wildman–Crippen MR) is 90.2 cm³/mol. The van der Waals surface area contributed by atoms with E-state index in [1.165, 1.54) is 5.56 Å². The molecule has 5 rings (SSSR count). The fourth-order valence-electron chi connectivity index (χ4n) is 3.28. The van der Waals surface area contributed by atoms with Crippen molar-refractivity contribution in [3.63, 3.8) is 0 Å². The number of nitrogens with one attached hydrogen (secondary N) is 1. The van der Waals surface area contributed by atoms with Gasteiger partial charge in [-0.05, 0) is 42.8 Å². The minimum absolute atomic E-state index is 0.236. The average molecular weight is 317 g/mol. The van der Waals surface area contributed by atoms with E-state index < -0.39 is 0 Å². The number of hydrogen-bond acceptors (Lipinski definition) is 4. The van der Waals surface area contributed by atoms with Gasteiger partial charge in [0.05, 0.1) is 0 Å². The lowest BCUT2D eigenvalue weighted by atomic mass is 10.1. The molecule has 0 aliphatic carbocycles. The summed E-state index contributed by atoms with van der Waals surface area (Å²) in [7, 11) is 0. The molecule has 0 amide bonds. The fraction of sp³-hybridized carbons (Fsp3) is 0.167. The normalized spacial score (nSPS) is 16.3. The highest BCUT2D eigenvalue weighted by Crippen LogP contribution is 2.32. The Bertz CT molecular complexity index is 1050. The molecule has 1 atom stereocenters. The first-order valence-electron chi connectivity index (χ1n) is 7.92. The summed E-state index contributed by atoms with van der Waals surface area (Å²) in [6.45, 7) is 2.09. The zero-order valence-corrected chi connectivity index (χ0v) is 13.1. The Morgan fingerprint density at radius 3 is 3.12 bits per heavy atom. The molecule has 118 valence electrons. The second-order valence-corrected chi connectivity index (χ2v) is 6.02. The molecular weight excluding hydrogens is 302 g/mol. The monoisotopic (exact) mass is 317 g/mol. The second kappa shape index (κ2) is 4.92. The summed E-state index contributed by atoms with van der Waals surface area (Å²) < 4.78 is 7.85. The van der Waals surface area contributed by atoms with E-state index in [-0.39, 0.29) is 6.10 Å². The van der Waals surface area contributed by atoms with Crippen molar-refractivity contribution in [3.8, 4) is 23.0 Å². The lowest BCUT2D eigenvalue weighted by molar-refractivity contribution is 0.254. The molecular formula is C18H15N5O. The molecule has 0 spiro atoms. The van der Waals surface area contributed by atoms with E-state index in [1.54, 1.807) is 12.4 Å². The highest BCUT2D eigenvalue weighted by atomic mass is 16.5. The highest BCUT2D eigenvalue weighted by Gasteiger charge is 2.20. The summed E-state index contributed by atoms with van der Waals surface area (Å²) >= 11 is 0. The maximum atomic E-state index is 5.79. The van der Waals surface area contributed by atoms with Gasteiger partial charge in [0.15, 0.2) is 11.5 Å². The fourth-order valence-corrected chi connectivity index (χ4v) is 3.28. The van der Waals surface area contributed by atoms with Crippen LogP contribution in [0.1, 0.15) is 12.5 Å². The van der Waals surface area contributed by atoms with Gasteiger partial charge in [-0.2, -0.15) is 5.10 Å². The van der Waals surface area contributed by atoms with Crippen LogP contribution in [0.15, 0.2) is 48.9 Å². The number of benzene rings is 1. The van der Waals surface area contributed by atoms with Crippen LogP contribution in [0.5, 0.6) is 5.75 Å². The molecule has 0 saturated heterocycles. The maximum Gasteiger partial charge on any atom is 0.181 e. The second-order valence-electron chi connectivity index (χ2n) is 6.02. The van der Waals surface area contributed by atoms with Crippen LogP contribution in [-0.4, -0.2) is 30.8 Å². The first kappa shape index (κ1) is 13.3. The van der Waals surface area contributed by atoms with Crippen LogP contribution < -0.4 is 4.74 Å². The molecule has 4 heterocycles. The molecule has 24 heavy (non-hydrogen) atoms. The predicted octanol–water partition coefficient (Wildman–Crippen LogP) is 3.13. The molecule has 6 nitrogen and oxygen atoms in total. The average Bonchev–Trinajstić information content (AvgIpc) is 3.30. The summed E-state index contributed by atoms with van der Waals surface area (Å²) in [6.07, 6.45) is 6.66. The Labute approximate surface area is 138 Å². The Morgan fingerprint density at radius 2 is 2.17 bits per heavy atom. The van der Waals surface area contributed by atoms with E-state index in [0.29, 0.717) is 5.65 Å². The van der Waals surface area contributed by atoms with Crippen molar-refractivity contribution in [2.75, 3.05) is 0 Å². The van der Waals surface area contributed by atoms with E-state index in [1.807, 2.05) is 24.4 Å². The molecule has 0 radical (unpaired) electrons. The van der Waals surface area contributed by atoms with Crippen molar-refractivity contribution in [2.45, 2.75) is 19.4 Å². The smallest absolute Gasteiger partial charge is 0.181 e. The number of aromatic nitrogens is 5. The molecule has 1 unspecified atom stereocenters. The van der Waals surface area contributed by atoms with Crippen molar-refractivity contribution in [1.82, 2.24) is 24.7 Å². The first-order valence-corrected chi connectivity index (χ1v) is 7.92. The Balaban J connectivity index is 1.65. The van der Waals surface area contributed by atoms with Gasteiger partial charge in [0.1, 0.15) is 17.5 Å². The van der Waals surface area contributed by atoms with Crippen LogP contribution in [0.3, 0.4) is 0 Å². The van der Waals surface area contributed by atoms with Crippen LogP contribution in [-0.2, 0) is 6.42 Å². The van der Waals surface area contributed by atoms with E-state index >= 15 is 0 Å². The number of hydrogen-bond donors (Lipinski definition) is 1. The summed E-state index contributed by atoms with van der Waals surface area (Å²) in [4.78, 5) is 8.80. The van der Waals surface area contributed by atoms with Crippen molar-refractivity contribution in [2.24, 2.45) is 0 Å². The van der Waals surface area contributed by atoms with Gasteiger partial charge in [0, 0.05) is 36.1 Å². The molecule has 0 fully saturated rings. The summed E-state index contributed by atoms with van der Waals surface area (Å²) in [6, 6.07) is 10.2. The van der Waals surface area contributed by atoms with Gasteiger partial charge in [-0.25, -0.2) is 9.97 Å². The number of aromatic amines is 1. The summed E-state index contributed by atoms with van der Waals surface area (Å²) in [5.74, 6) is 1.79. The topological polar surface area (TPSA) is 68.6 Å². The van der Waals surface area contributed by atoms with Gasteiger partial charge in [-0.15, -0.1) is 0 Å². The zero-order chi connectivity index (χ0) is 16.1. The van der Waals surface area contributed by atoms with Gasteiger partial charge in [-0.3, -0.25) is 9.67 Å². The van der Waals surface area contributed by atoms with Crippen LogP contribution >= 0.6 is 0 Å². The molecule has 3 aromatic heterocycles. The van der Waals surface area contributed by atoms with Crippen LogP contribution in [0.25, 0.3) is 28.2 Å². The molecule has 1 N–H and O–H groups in total. The minimum atomic E-state index is 0.236. The van der Waals surface area contributed by atoms with Gasteiger partial charge in [-0.1, -0.05) is 0 Å². The van der Waals surface area contributed by atoms with Crippen molar-refractivity contribution in [3.05, 3.63) is 54.5 Å². The lowest BCUT2D eigenvalue weighted by Gasteiger charge is -2.08. The molecule has 1 aliphatic rings. The number of rotatable bonds is 2. The zero-order valence-electron chi connectivity index (χ0n) is 13.1. The largest absolute Gasteiger partial charge is 0.490 e. The molecule has 4 aromatic rings. The van der Waals surface area contributed by atoms with E-state index in [2.05, 4.69) is 43.8 Å². The van der Waals surface area contributed by atoms with Crippen LogP contribution in [0.2, 0.25) is 0 Å². The van der Waals surface area contributed by atoms with E-state index in [0.717, 1.165) is 34.8 Å². The number of H-pyrrole nitrogens is 1. The molecule has 0 bridgehead atoms. The molecule has 1 aliphatic heterocycles. The van der Waals surface area contributed by atoms with Crippen molar-refractivity contribution >= 4 is 11.0 Å². The van der Waals surface area contributed by atoms with Gasteiger partial charge in [0.25, 0.3) is 0 Å². The van der Waals surface area contributed by atoms with Crippen LogP contribution in [0.4, 0.5) is 0 Å². The standard InChI is InChI=1S/C18H15N5O/c1-11-9-12-10-13(4-5-15(12)24-11)23-8-7-20-18(23)16-14-3-2-6-19-17(14)22-21-16/h2-8,10-11H,9H2,1H3,(H,19,21,22). The Kier molecular flexibility index (Phi) is 2.73. The number of imidazole rings is 1. The van der Waals surface area contributed by atoms with E-state index in [9.17, 15) is 0 Å². The number of ether oxygens (including phenoxy) is 1. The van der Waals surface area contributed by atoms with Gasteiger partial charge >= 0.3 is 0 Å². The minimum Gasteiger partial charge on any atom is -0.490 e. The van der Waals surface area contributed by atoms with E-state index in [4.69, 9.17) is 4.74 Å². The third-order valence-electron chi connectivity index (χ3n) is 4.35. The SMILES string of the molecule is CC1Cc2cc(-n3ccnc3-c3[nH]nc4ncccc34)ccc2O1. The Hall–Kier alpha value is -3.15. The first-order chi connectivity index (χ1) is 11.8. The molecule has 6 heteroatoms. The van der Waals surface area contributed by atoms with Crippen LogP contribution in [0, 0.1) is 0 Å². The third-order valence-corrected chi connectivity index (χ3v) is 4.35.